The largest absolute Gasteiger partial charge is 0.284 e. The van der Waals surface area contributed by atoms with Gasteiger partial charge < -0.3 is 0 Å². The van der Waals surface area contributed by atoms with Gasteiger partial charge in [0, 0.05) is 28.9 Å². The molecule has 0 spiro atoms. The number of hydrogen-bond acceptors (Lipinski definition) is 4. The number of rotatable bonds is 7. The zero-order valence-corrected chi connectivity index (χ0v) is 19.9. The van der Waals surface area contributed by atoms with E-state index in [1.807, 2.05) is 89.6 Å². The maximum atomic E-state index is 12.9. The van der Waals surface area contributed by atoms with Crippen molar-refractivity contribution < 1.29 is 9.59 Å². The van der Waals surface area contributed by atoms with Crippen molar-refractivity contribution >= 4 is 23.4 Å². The Labute approximate surface area is 204 Å². The minimum absolute atomic E-state index is 0.0519. The first kappa shape index (κ1) is 22.6. The molecule has 0 saturated carbocycles. The molecule has 0 N–H and O–H groups in total. The number of allylic oxidation sites excluding steroid dienone is 2. The molecule has 3 aromatic rings. The average Bonchev–Trinajstić information content (AvgIpc) is 3.35. The van der Waals surface area contributed by atoms with E-state index in [1.54, 1.807) is 0 Å². The molecular formula is C27H27ClN4O2. The van der Waals surface area contributed by atoms with Crippen LogP contribution in [0, 0.1) is 11.8 Å². The molecule has 6 nitrogen and oxygen atoms in total. The summed E-state index contributed by atoms with van der Waals surface area (Å²) in [5, 5.41) is 5.57. The first-order valence-electron chi connectivity index (χ1n) is 11.5. The second-order valence-electron chi connectivity index (χ2n) is 9.07. The van der Waals surface area contributed by atoms with Crippen LogP contribution < -0.4 is 0 Å². The van der Waals surface area contributed by atoms with Gasteiger partial charge in [0.15, 0.2) is 0 Å². The summed E-state index contributed by atoms with van der Waals surface area (Å²) >= 11 is 6.37. The summed E-state index contributed by atoms with van der Waals surface area (Å²) in [6.45, 7) is 1.38. The number of fused-ring (bicyclic) bond motifs is 1. The highest BCUT2D eigenvalue weighted by Gasteiger charge is 2.47. The lowest BCUT2D eigenvalue weighted by Crippen LogP contribution is -2.40. The van der Waals surface area contributed by atoms with Crippen LogP contribution in [0.3, 0.4) is 0 Å². The number of aromatic nitrogens is 2. The molecule has 34 heavy (non-hydrogen) atoms. The number of imide groups is 1. The maximum Gasteiger partial charge on any atom is 0.234 e. The number of carbonyl (C=O) groups excluding carboxylic acids is 2. The van der Waals surface area contributed by atoms with E-state index in [4.69, 9.17) is 16.7 Å². The SMILES string of the molecule is CN(Cc1cn(Cc2ccccc2Cl)nc1-c1ccccc1)CN1C(=O)[C@H]2CC=CC[C@H]2C1=O. The maximum absolute atomic E-state index is 12.9. The minimum Gasteiger partial charge on any atom is -0.284 e. The molecule has 5 rings (SSSR count). The van der Waals surface area contributed by atoms with E-state index >= 15 is 0 Å². The van der Waals surface area contributed by atoms with E-state index in [1.165, 1.54) is 4.90 Å². The average molecular weight is 475 g/mol. The van der Waals surface area contributed by atoms with Crippen LogP contribution in [0.25, 0.3) is 11.3 Å². The Bertz CT molecular complexity index is 1210. The third kappa shape index (κ3) is 4.43. The fourth-order valence-electron chi connectivity index (χ4n) is 4.89. The number of benzene rings is 2. The molecule has 174 valence electrons. The van der Waals surface area contributed by atoms with Crippen molar-refractivity contribution in [1.82, 2.24) is 19.6 Å². The molecule has 2 atom stereocenters. The zero-order chi connectivity index (χ0) is 23.7. The summed E-state index contributed by atoms with van der Waals surface area (Å²) in [7, 11) is 1.93. The van der Waals surface area contributed by atoms with Crippen molar-refractivity contribution in [3.63, 3.8) is 0 Å². The van der Waals surface area contributed by atoms with Gasteiger partial charge >= 0.3 is 0 Å². The Hall–Kier alpha value is -3.22. The van der Waals surface area contributed by atoms with Crippen molar-refractivity contribution in [2.75, 3.05) is 13.7 Å². The Kier molecular flexibility index (Phi) is 6.35. The van der Waals surface area contributed by atoms with E-state index in [0.29, 0.717) is 31.0 Å². The van der Waals surface area contributed by atoms with Crippen LogP contribution in [0.15, 0.2) is 72.9 Å². The normalized spacial score (nSPS) is 19.8. The van der Waals surface area contributed by atoms with Crippen molar-refractivity contribution in [3.8, 4) is 11.3 Å². The van der Waals surface area contributed by atoms with Crippen LogP contribution >= 0.6 is 11.6 Å². The summed E-state index contributed by atoms with van der Waals surface area (Å²) in [6.07, 6.45) is 7.36. The summed E-state index contributed by atoms with van der Waals surface area (Å²) in [6, 6.07) is 17.8. The highest BCUT2D eigenvalue weighted by molar-refractivity contribution is 6.31. The molecule has 0 radical (unpaired) electrons. The molecule has 0 unspecified atom stereocenters. The van der Waals surface area contributed by atoms with E-state index in [0.717, 1.165) is 22.4 Å². The fourth-order valence-corrected chi connectivity index (χ4v) is 5.09. The second-order valence-corrected chi connectivity index (χ2v) is 9.48. The fraction of sp³-hybridized carbons (Fsp3) is 0.296. The van der Waals surface area contributed by atoms with E-state index in [9.17, 15) is 9.59 Å². The quantitative estimate of drug-likeness (QED) is 0.371. The van der Waals surface area contributed by atoms with Crippen molar-refractivity contribution in [3.05, 3.63) is 89.1 Å². The standard InChI is InChI=1S/C27H27ClN4O2/c1-30(18-32-26(33)22-12-6-7-13-23(22)27(32)34)15-21-17-31(16-20-11-5-8-14-24(20)28)29-25(21)19-9-3-2-4-10-19/h2-11,14,17,22-23H,12-13,15-16,18H2,1H3/t22-,23+. The van der Waals surface area contributed by atoms with Crippen LogP contribution in [0.1, 0.15) is 24.0 Å². The molecule has 1 fully saturated rings. The number of nitrogens with zero attached hydrogens (tertiary/aromatic N) is 4. The Morgan fingerprint density at radius 1 is 0.941 bits per heavy atom. The van der Waals surface area contributed by atoms with Crippen molar-refractivity contribution in [2.45, 2.75) is 25.9 Å². The van der Waals surface area contributed by atoms with Gasteiger partial charge in [-0.1, -0.05) is 72.3 Å². The van der Waals surface area contributed by atoms with Crippen LogP contribution in [-0.4, -0.2) is 45.1 Å². The van der Waals surface area contributed by atoms with E-state index < -0.39 is 0 Å². The molecule has 7 heteroatoms. The van der Waals surface area contributed by atoms with Crippen molar-refractivity contribution in [2.24, 2.45) is 11.8 Å². The summed E-state index contributed by atoms with van der Waals surface area (Å²) in [4.78, 5) is 29.2. The highest BCUT2D eigenvalue weighted by Crippen LogP contribution is 2.35. The summed E-state index contributed by atoms with van der Waals surface area (Å²) < 4.78 is 1.90. The molecule has 1 aliphatic carbocycles. The number of carbonyl (C=O) groups is 2. The van der Waals surface area contributed by atoms with Crippen LogP contribution in [0.2, 0.25) is 5.02 Å². The van der Waals surface area contributed by atoms with Crippen LogP contribution in [-0.2, 0) is 22.7 Å². The smallest absolute Gasteiger partial charge is 0.234 e. The lowest BCUT2D eigenvalue weighted by molar-refractivity contribution is -0.142. The van der Waals surface area contributed by atoms with E-state index in [-0.39, 0.29) is 30.3 Å². The number of halogens is 1. The van der Waals surface area contributed by atoms with Gasteiger partial charge in [-0.2, -0.15) is 5.10 Å². The molecule has 2 amide bonds. The lowest BCUT2D eigenvalue weighted by atomic mass is 9.85. The molecule has 2 heterocycles. The van der Waals surface area contributed by atoms with Gasteiger partial charge in [-0.3, -0.25) is 24.1 Å². The van der Waals surface area contributed by atoms with Gasteiger partial charge in [0.25, 0.3) is 0 Å². The van der Waals surface area contributed by atoms with Gasteiger partial charge in [-0.05, 0) is 31.5 Å². The molecule has 2 aliphatic rings. The Balaban J connectivity index is 1.37. The third-order valence-corrected chi connectivity index (χ3v) is 6.97. The number of amides is 2. The molecule has 1 aliphatic heterocycles. The van der Waals surface area contributed by atoms with Gasteiger partial charge in [-0.25, -0.2) is 0 Å². The van der Waals surface area contributed by atoms with Gasteiger partial charge in [0.2, 0.25) is 11.8 Å². The molecule has 1 aromatic heterocycles. The topological polar surface area (TPSA) is 58.4 Å². The lowest BCUT2D eigenvalue weighted by Gasteiger charge is -2.23. The highest BCUT2D eigenvalue weighted by atomic mass is 35.5. The predicted octanol–water partition coefficient (Wildman–Crippen LogP) is 4.59. The number of likely N-dealkylation sites (tertiary alicyclic amines) is 1. The van der Waals surface area contributed by atoms with Crippen LogP contribution in [0.5, 0.6) is 0 Å². The second kappa shape index (κ2) is 9.57. The molecule has 0 bridgehead atoms. The minimum atomic E-state index is -0.204. The van der Waals surface area contributed by atoms with Crippen LogP contribution in [0.4, 0.5) is 0 Å². The zero-order valence-electron chi connectivity index (χ0n) is 19.1. The predicted molar refractivity (Wildman–Crippen MR) is 132 cm³/mol. The first-order chi connectivity index (χ1) is 16.5. The monoisotopic (exact) mass is 474 g/mol. The third-order valence-electron chi connectivity index (χ3n) is 6.60. The Morgan fingerprint density at radius 3 is 2.26 bits per heavy atom. The van der Waals surface area contributed by atoms with Gasteiger partial charge in [0.05, 0.1) is 30.7 Å². The molecule has 1 saturated heterocycles. The van der Waals surface area contributed by atoms with E-state index in [2.05, 4.69) is 0 Å². The summed E-state index contributed by atoms with van der Waals surface area (Å²) in [5.74, 6) is -0.513. The first-order valence-corrected chi connectivity index (χ1v) is 11.9. The Morgan fingerprint density at radius 2 is 1.59 bits per heavy atom. The van der Waals surface area contributed by atoms with Crippen molar-refractivity contribution in [1.29, 1.82) is 0 Å². The summed E-state index contributed by atoms with van der Waals surface area (Å²) in [5.41, 5.74) is 3.93. The van der Waals surface area contributed by atoms with Gasteiger partial charge in [0.1, 0.15) is 0 Å². The molecular weight excluding hydrogens is 448 g/mol. The van der Waals surface area contributed by atoms with Gasteiger partial charge in [-0.15, -0.1) is 0 Å². The number of hydrogen-bond donors (Lipinski definition) is 0. The molecule has 2 aromatic carbocycles.